The molecule has 10 heteroatoms. The number of rotatable bonds is 5. The van der Waals surface area contributed by atoms with Crippen LogP contribution in [0.2, 0.25) is 0 Å². The van der Waals surface area contributed by atoms with Crippen LogP contribution in [-0.4, -0.2) is 31.5 Å². The summed E-state index contributed by atoms with van der Waals surface area (Å²) in [4.78, 5) is 22.3. The Kier molecular flexibility index (Phi) is 5.08. The molecule has 1 amide bonds. The van der Waals surface area contributed by atoms with Gasteiger partial charge < -0.3 is 5.32 Å². The van der Waals surface area contributed by atoms with E-state index in [-0.39, 0.29) is 35.8 Å². The van der Waals surface area contributed by atoms with Crippen molar-refractivity contribution in [1.82, 2.24) is 0 Å². The first-order valence-electron chi connectivity index (χ1n) is 8.09. The van der Waals surface area contributed by atoms with Crippen LogP contribution >= 0.6 is 0 Å². The third-order valence-corrected chi connectivity index (χ3v) is 5.97. The lowest BCUT2D eigenvalue weighted by molar-refractivity contribution is -0.384. The Labute approximate surface area is 154 Å². The predicted octanol–water partition coefficient (Wildman–Crippen LogP) is 2.46. The van der Waals surface area contributed by atoms with Gasteiger partial charge in [0.15, 0.2) is 0 Å². The van der Waals surface area contributed by atoms with Gasteiger partial charge in [-0.15, -0.1) is 0 Å². The molecule has 1 fully saturated rings. The van der Waals surface area contributed by atoms with Crippen molar-refractivity contribution in [3.63, 3.8) is 0 Å². The largest absolute Gasteiger partial charge is 0.326 e. The highest BCUT2D eigenvalue weighted by Gasteiger charge is 2.30. The number of nitrogens with one attached hydrogen (secondary N) is 1. The molecule has 2 aromatic carbocycles. The Morgan fingerprint density at radius 1 is 1.22 bits per heavy atom. The first kappa shape index (κ1) is 18.8. The number of nitrogens with zero attached hydrogens (tertiary/aromatic N) is 2. The highest BCUT2D eigenvalue weighted by Crippen LogP contribution is 2.29. The van der Waals surface area contributed by atoms with Crippen LogP contribution in [0.5, 0.6) is 0 Å². The van der Waals surface area contributed by atoms with Gasteiger partial charge in [-0.1, -0.05) is 12.1 Å². The Hall–Kier alpha value is -3.01. The van der Waals surface area contributed by atoms with Crippen molar-refractivity contribution < 1.29 is 22.5 Å². The van der Waals surface area contributed by atoms with Gasteiger partial charge in [-0.2, -0.15) is 0 Å². The smallest absolute Gasteiger partial charge is 0.269 e. The number of anilines is 2. The summed E-state index contributed by atoms with van der Waals surface area (Å²) < 4.78 is 39.1. The number of amides is 1. The number of carbonyl (C=O) groups is 1. The van der Waals surface area contributed by atoms with Crippen LogP contribution in [0.25, 0.3) is 0 Å². The number of halogens is 1. The lowest BCUT2D eigenvalue weighted by Crippen LogP contribution is -2.26. The van der Waals surface area contributed by atoms with E-state index in [2.05, 4.69) is 5.32 Å². The zero-order valence-corrected chi connectivity index (χ0v) is 14.9. The molecule has 0 aromatic heterocycles. The molecule has 0 spiro atoms. The lowest BCUT2D eigenvalue weighted by Gasteiger charge is -2.18. The number of nitro benzene ring substituents is 1. The van der Waals surface area contributed by atoms with E-state index in [1.807, 2.05) is 0 Å². The Morgan fingerprint density at radius 2 is 1.93 bits per heavy atom. The fourth-order valence-corrected chi connectivity index (χ4v) is 4.38. The molecule has 0 saturated carbocycles. The lowest BCUT2D eigenvalue weighted by atomic mass is 10.1. The summed E-state index contributed by atoms with van der Waals surface area (Å²) in [6.45, 7) is 0.194. The van der Waals surface area contributed by atoms with E-state index in [1.54, 1.807) is 0 Å². The number of non-ortho nitro benzene ring substituents is 1. The van der Waals surface area contributed by atoms with Gasteiger partial charge in [0.2, 0.25) is 15.9 Å². The van der Waals surface area contributed by atoms with E-state index in [0.717, 1.165) is 10.4 Å². The van der Waals surface area contributed by atoms with Gasteiger partial charge in [-0.25, -0.2) is 12.8 Å². The third-order valence-electron chi connectivity index (χ3n) is 4.11. The third kappa shape index (κ3) is 4.22. The van der Waals surface area contributed by atoms with Crippen molar-refractivity contribution in [2.45, 2.75) is 12.8 Å². The molecule has 0 bridgehead atoms. The number of hydrogen-bond donors (Lipinski definition) is 1. The normalized spacial score (nSPS) is 15.5. The average molecular weight is 393 g/mol. The van der Waals surface area contributed by atoms with Gasteiger partial charge in [0, 0.05) is 24.4 Å². The van der Waals surface area contributed by atoms with Gasteiger partial charge in [-0.3, -0.25) is 19.2 Å². The van der Waals surface area contributed by atoms with Crippen LogP contribution in [-0.2, 0) is 21.2 Å². The number of sulfonamides is 1. The molecular formula is C17H16FN3O5S. The van der Waals surface area contributed by atoms with Gasteiger partial charge in [-0.05, 0) is 30.2 Å². The van der Waals surface area contributed by atoms with E-state index in [1.165, 1.54) is 36.4 Å². The van der Waals surface area contributed by atoms with Gasteiger partial charge in [0.25, 0.3) is 5.69 Å². The number of hydrogen-bond acceptors (Lipinski definition) is 5. The molecule has 8 nitrogen and oxygen atoms in total. The summed E-state index contributed by atoms with van der Waals surface area (Å²) in [5.41, 5.74) is 0.665. The predicted molar refractivity (Wildman–Crippen MR) is 97.6 cm³/mol. The van der Waals surface area contributed by atoms with E-state index >= 15 is 0 Å². The molecule has 2 aromatic rings. The van der Waals surface area contributed by atoms with Crippen molar-refractivity contribution in [2.24, 2.45) is 0 Å². The second-order valence-corrected chi connectivity index (χ2v) is 8.07. The summed E-state index contributed by atoms with van der Waals surface area (Å²) in [5.74, 6) is -1.14. The van der Waals surface area contributed by atoms with Gasteiger partial charge >= 0.3 is 0 Å². The molecule has 0 unspecified atom stereocenters. The summed E-state index contributed by atoms with van der Waals surface area (Å²) in [6, 6.07) is 9.29. The number of benzene rings is 2. The van der Waals surface area contributed by atoms with Crippen molar-refractivity contribution >= 4 is 33.0 Å². The number of carbonyl (C=O) groups excluding carboxylic acids is 1. The highest BCUT2D eigenvalue weighted by atomic mass is 32.2. The topological polar surface area (TPSA) is 110 Å². The minimum absolute atomic E-state index is 0.0350. The zero-order chi connectivity index (χ0) is 19.6. The molecule has 0 aliphatic carbocycles. The Balaban J connectivity index is 1.73. The fourth-order valence-electron chi connectivity index (χ4n) is 2.82. The van der Waals surface area contributed by atoms with Crippen molar-refractivity contribution in [1.29, 1.82) is 0 Å². The van der Waals surface area contributed by atoms with Crippen LogP contribution in [0.1, 0.15) is 12.0 Å². The van der Waals surface area contributed by atoms with Crippen LogP contribution in [0.4, 0.5) is 21.5 Å². The van der Waals surface area contributed by atoms with E-state index in [9.17, 15) is 27.7 Å². The molecule has 0 radical (unpaired) electrons. The molecule has 1 aliphatic rings. The molecule has 1 N–H and O–H groups in total. The fraction of sp³-hybridized carbons (Fsp3) is 0.235. The minimum atomic E-state index is -3.54. The van der Waals surface area contributed by atoms with Crippen LogP contribution in [0, 0.1) is 15.9 Å². The highest BCUT2D eigenvalue weighted by molar-refractivity contribution is 7.93. The minimum Gasteiger partial charge on any atom is -0.326 e. The van der Waals surface area contributed by atoms with Crippen LogP contribution in [0.15, 0.2) is 42.5 Å². The zero-order valence-electron chi connectivity index (χ0n) is 14.1. The van der Waals surface area contributed by atoms with Crippen molar-refractivity contribution in [3.05, 3.63) is 64.0 Å². The van der Waals surface area contributed by atoms with E-state index < -0.39 is 26.7 Å². The molecule has 142 valence electrons. The van der Waals surface area contributed by atoms with E-state index in [0.29, 0.717) is 12.0 Å². The summed E-state index contributed by atoms with van der Waals surface area (Å²) >= 11 is 0. The summed E-state index contributed by atoms with van der Waals surface area (Å²) in [5, 5.41) is 13.2. The second-order valence-electron chi connectivity index (χ2n) is 6.06. The maximum atomic E-state index is 14.1. The monoisotopic (exact) mass is 393 g/mol. The summed E-state index contributed by atoms with van der Waals surface area (Å²) in [7, 11) is -3.54. The first-order chi connectivity index (χ1) is 12.8. The first-order valence-corrected chi connectivity index (χ1v) is 9.70. The van der Waals surface area contributed by atoms with Gasteiger partial charge in [0.05, 0.1) is 22.8 Å². The maximum absolute atomic E-state index is 14.1. The second kappa shape index (κ2) is 7.31. The Bertz CT molecular complexity index is 992. The quantitative estimate of drug-likeness (QED) is 0.620. The molecule has 3 rings (SSSR count). The molecular weight excluding hydrogens is 377 g/mol. The molecule has 1 heterocycles. The van der Waals surface area contributed by atoms with Crippen molar-refractivity contribution in [3.8, 4) is 0 Å². The van der Waals surface area contributed by atoms with Crippen LogP contribution in [0.3, 0.4) is 0 Å². The van der Waals surface area contributed by atoms with Crippen molar-refractivity contribution in [2.75, 3.05) is 21.9 Å². The number of nitro groups is 1. The van der Waals surface area contributed by atoms with E-state index in [4.69, 9.17) is 0 Å². The van der Waals surface area contributed by atoms with Gasteiger partial charge in [0.1, 0.15) is 5.82 Å². The Morgan fingerprint density at radius 3 is 2.52 bits per heavy atom. The summed E-state index contributed by atoms with van der Waals surface area (Å²) in [6.07, 6.45) is 0.380. The molecule has 1 aliphatic heterocycles. The molecule has 0 atom stereocenters. The average Bonchev–Trinajstić information content (AvgIpc) is 2.96. The SMILES string of the molecule is O=C(Cc1ccc([N+](=O)[O-])cc1)Nc1ccc(F)c(N2CCCS2(=O)=O)c1. The van der Waals surface area contributed by atoms with Crippen LogP contribution < -0.4 is 9.62 Å². The molecule has 1 saturated heterocycles. The molecule has 27 heavy (non-hydrogen) atoms. The standard InChI is InChI=1S/C17H16FN3O5S/c18-15-7-4-13(11-16(15)20-8-1-9-27(20,25)26)19-17(22)10-12-2-5-14(6-3-12)21(23)24/h2-7,11H,1,8-10H2,(H,19,22). The maximum Gasteiger partial charge on any atom is 0.269 e.